The van der Waals surface area contributed by atoms with Crippen LogP contribution < -0.4 is 21.7 Å². The van der Waals surface area contributed by atoms with Crippen LogP contribution in [0.25, 0.3) is 11.3 Å². The number of hydrogen-bond acceptors (Lipinski definition) is 1. The smallest absolute Gasteiger partial charge is 0.257 e. The fourth-order valence-corrected chi connectivity index (χ4v) is 3.53. The van der Waals surface area contributed by atoms with Crippen LogP contribution >= 0.6 is 0 Å². The van der Waals surface area contributed by atoms with Crippen molar-refractivity contribution >= 4 is 0 Å². The van der Waals surface area contributed by atoms with Crippen LogP contribution in [-0.4, -0.2) is 11.7 Å². The molecule has 1 aliphatic rings. The van der Waals surface area contributed by atoms with Crippen molar-refractivity contribution in [3.05, 3.63) is 71.7 Å². The van der Waals surface area contributed by atoms with Gasteiger partial charge in [0.2, 0.25) is 0 Å². The van der Waals surface area contributed by atoms with Crippen molar-refractivity contribution in [2.24, 2.45) is 0 Å². The predicted molar refractivity (Wildman–Crippen MR) is 95.2 cm³/mol. The highest BCUT2D eigenvalue weighted by atomic mass is 35.5. The van der Waals surface area contributed by atoms with Gasteiger partial charge in [0.05, 0.1) is 20.1 Å². The minimum atomic E-state index is 0. The zero-order valence-corrected chi connectivity index (χ0v) is 15.5. The number of methoxy groups -OCH3 is 1. The normalized spacial score (nSPS) is 12.6. The van der Waals surface area contributed by atoms with Crippen LogP contribution in [0.15, 0.2) is 54.7 Å². The van der Waals surface area contributed by atoms with Gasteiger partial charge >= 0.3 is 0 Å². The minimum absolute atomic E-state index is 0. The molecule has 4 heteroatoms. The first-order chi connectivity index (χ1) is 11.7. The van der Waals surface area contributed by atoms with E-state index in [-0.39, 0.29) is 12.4 Å². The average molecular weight is 355 g/mol. The lowest BCUT2D eigenvalue weighted by Gasteiger charge is -2.01. The third-order valence-electron chi connectivity index (χ3n) is 4.85. The number of fused-ring (bicyclic) bond motifs is 1. The molecule has 0 spiro atoms. The maximum atomic E-state index is 5.28. The quantitative estimate of drug-likeness (QED) is 0.633. The summed E-state index contributed by atoms with van der Waals surface area (Å²) in [7, 11) is 1.71. The minimum Gasteiger partial charge on any atom is -1.00 e. The molecule has 0 amide bonds. The second-order valence-electron chi connectivity index (χ2n) is 6.53. The molecule has 2 aromatic carbocycles. The molecule has 4 rings (SSSR count). The van der Waals surface area contributed by atoms with Crippen LogP contribution in [0, 0.1) is 6.92 Å². The van der Waals surface area contributed by atoms with E-state index in [0.29, 0.717) is 0 Å². The Balaban J connectivity index is 0.00000182. The number of ether oxygens (including phenoxy) is 1. The van der Waals surface area contributed by atoms with Crippen LogP contribution in [0.1, 0.15) is 23.4 Å². The molecule has 3 nitrogen and oxygen atoms in total. The standard InChI is InChI=1S/C21H23N2O.ClH/c1-16-5-7-17(8-6-16)14-22-15-20(23-13-3-4-21(22)23)18-9-11-19(24-2)12-10-18;/h5-12,15H,3-4,13-14H2,1-2H3;1H/q+1;/p-1. The van der Waals surface area contributed by atoms with Gasteiger partial charge in [-0.3, -0.25) is 0 Å². The summed E-state index contributed by atoms with van der Waals surface area (Å²) in [5.74, 6) is 2.33. The SMILES string of the molecule is COc1ccc(-c2c[n+](Cc3ccc(C)cc3)c3n2CCC3)cc1.[Cl-]. The van der Waals surface area contributed by atoms with Crippen molar-refractivity contribution in [3.63, 3.8) is 0 Å². The van der Waals surface area contributed by atoms with Crippen molar-refractivity contribution in [1.29, 1.82) is 0 Å². The summed E-state index contributed by atoms with van der Waals surface area (Å²) in [6.07, 6.45) is 4.69. The summed E-state index contributed by atoms with van der Waals surface area (Å²) in [5, 5.41) is 0. The van der Waals surface area contributed by atoms with E-state index in [1.54, 1.807) is 7.11 Å². The van der Waals surface area contributed by atoms with Crippen molar-refractivity contribution in [2.45, 2.75) is 32.9 Å². The number of rotatable bonds is 4. The Labute approximate surface area is 155 Å². The molecule has 1 aromatic heterocycles. The summed E-state index contributed by atoms with van der Waals surface area (Å²) >= 11 is 0. The maximum absolute atomic E-state index is 5.28. The molecule has 130 valence electrons. The molecule has 1 aliphatic heterocycles. The van der Waals surface area contributed by atoms with Gasteiger partial charge in [0, 0.05) is 5.56 Å². The number of imidazole rings is 1. The van der Waals surface area contributed by atoms with E-state index in [1.807, 2.05) is 12.1 Å². The lowest BCUT2D eigenvalue weighted by molar-refractivity contribution is -0.694. The van der Waals surface area contributed by atoms with Gasteiger partial charge in [-0.05, 0) is 43.2 Å². The van der Waals surface area contributed by atoms with E-state index in [2.05, 4.69) is 58.7 Å². The van der Waals surface area contributed by atoms with Gasteiger partial charge in [-0.15, -0.1) is 0 Å². The van der Waals surface area contributed by atoms with E-state index < -0.39 is 0 Å². The third kappa shape index (κ3) is 3.42. The molecular weight excluding hydrogens is 332 g/mol. The summed E-state index contributed by atoms with van der Waals surface area (Å²) in [5.41, 5.74) is 5.22. The highest BCUT2D eigenvalue weighted by molar-refractivity contribution is 5.59. The van der Waals surface area contributed by atoms with Gasteiger partial charge in [-0.25, -0.2) is 9.13 Å². The zero-order valence-electron chi connectivity index (χ0n) is 14.7. The molecule has 0 atom stereocenters. The molecule has 0 N–H and O–H groups in total. The Bertz CT molecular complexity index is 851. The highest BCUT2D eigenvalue weighted by Crippen LogP contribution is 2.26. The second kappa shape index (κ2) is 7.32. The molecule has 3 aromatic rings. The number of aromatic nitrogens is 2. The van der Waals surface area contributed by atoms with Crippen LogP contribution in [-0.2, 0) is 19.5 Å². The molecule has 0 saturated carbocycles. The van der Waals surface area contributed by atoms with Gasteiger partial charge in [0.1, 0.15) is 18.5 Å². The molecule has 0 bridgehead atoms. The Kier molecular flexibility index (Phi) is 5.14. The number of nitrogens with zero attached hydrogens (tertiary/aromatic N) is 2. The van der Waals surface area contributed by atoms with Crippen molar-refractivity contribution in [2.75, 3.05) is 7.11 Å². The predicted octanol–water partition coefficient (Wildman–Crippen LogP) is 0.758. The van der Waals surface area contributed by atoms with Gasteiger partial charge in [-0.2, -0.15) is 0 Å². The molecule has 0 radical (unpaired) electrons. The molecule has 0 fully saturated rings. The van der Waals surface area contributed by atoms with Crippen LogP contribution in [0.4, 0.5) is 0 Å². The third-order valence-corrected chi connectivity index (χ3v) is 4.85. The van der Waals surface area contributed by atoms with Gasteiger partial charge in [0.25, 0.3) is 5.82 Å². The Morgan fingerprint density at radius 1 is 1.04 bits per heavy atom. The molecule has 0 unspecified atom stereocenters. The van der Waals surface area contributed by atoms with Crippen LogP contribution in [0.2, 0.25) is 0 Å². The van der Waals surface area contributed by atoms with Crippen molar-refractivity contribution in [1.82, 2.24) is 4.57 Å². The van der Waals surface area contributed by atoms with Crippen molar-refractivity contribution in [3.8, 4) is 17.0 Å². The van der Waals surface area contributed by atoms with E-state index >= 15 is 0 Å². The maximum Gasteiger partial charge on any atom is 0.257 e. The fourth-order valence-electron chi connectivity index (χ4n) is 3.53. The molecule has 0 aliphatic carbocycles. The fraction of sp³-hybridized carbons (Fsp3) is 0.286. The summed E-state index contributed by atoms with van der Waals surface area (Å²) < 4.78 is 10.2. The van der Waals surface area contributed by atoms with Gasteiger partial charge in [0.15, 0.2) is 5.69 Å². The zero-order chi connectivity index (χ0) is 16.5. The number of aryl methyl sites for hydroxylation is 1. The van der Waals surface area contributed by atoms with E-state index in [4.69, 9.17) is 4.74 Å². The Hall–Kier alpha value is -2.26. The first-order valence-corrected chi connectivity index (χ1v) is 8.56. The summed E-state index contributed by atoms with van der Waals surface area (Å²) in [4.78, 5) is 0. The topological polar surface area (TPSA) is 18.0 Å². The van der Waals surface area contributed by atoms with Gasteiger partial charge < -0.3 is 17.1 Å². The van der Waals surface area contributed by atoms with E-state index in [1.165, 1.54) is 34.6 Å². The number of hydrogen-bond donors (Lipinski definition) is 0. The summed E-state index contributed by atoms with van der Waals surface area (Å²) in [6, 6.07) is 17.2. The Morgan fingerprint density at radius 3 is 2.44 bits per heavy atom. The largest absolute Gasteiger partial charge is 1.00 e. The first-order valence-electron chi connectivity index (χ1n) is 8.56. The monoisotopic (exact) mass is 354 g/mol. The lowest BCUT2D eigenvalue weighted by Crippen LogP contribution is -3.00. The Morgan fingerprint density at radius 2 is 1.76 bits per heavy atom. The summed E-state index contributed by atoms with van der Waals surface area (Å²) in [6.45, 7) is 4.18. The molecule has 25 heavy (non-hydrogen) atoms. The lowest BCUT2D eigenvalue weighted by atomic mass is 10.1. The molecule has 2 heterocycles. The van der Waals surface area contributed by atoms with E-state index in [0.717, 1.165) is 25.3 Å². The van der Waals surface area contributed by atoms with E-state index in [9.17, 15) is 0 Å². The van der Waals surface area contributed by atoms with Gasteiger partial charge in [-0.1, -0.05) is 29.8 Å². The number of benzene rings is 2. The van der Waals surface area contributed by atoms with Crippen LogP contribution in [0.5, 0.6) is 5.75 Å². The number of halogens is 1. The van der Waals surface area contributed by atoms with Crippen LogP contribution in [0.3, 0.4) is 0 Å². The first kappa shape index (κ1) is 17.6. The second-order valence-corrected chi connectivity index (χ2v) is 6.53. The molecular formula is C21H23ClN2O. The average Bonchev–Trinajstić information content (AvgIpc) is 3.21. The highest BCUT2D eigenvalue weighted by Gasteiger charge is 2.28. The van der Waals surface area contributed by atoms with Crippen molar-refractivity contribution < 1.29 is 21.7 Å². The molecule has 0 saturated heterocycles.